The van der Waals surface area contributed by atoms with Gasteiger partial charge < -0.3 is 20.5 Å². The number of carbonyl (C=O) groups excluding carboxylic acids is 1. The number of hydrogen-bond acceptors (Lipinski definition) is 3. The number of nitrogens with one attached hydrogen (secondary N) is 2. The van der Waals surface area contributed by atoms with Gasteiger partial charge in [0.25, 0.3) is 0 Å². The minimum atomic E-state index is -1.14. The lowest BCUT2D eigenvalue weighted by Gasteiger charge is -2.21. The molecule has 1 rings (SSSR count). The Labute approximate surface area is 135 Å². The van der Waals surface area contributed by atoms with Gasteiger partial charge in [-0.3, -0.25) is 0 Å². The number of hydrogen-bond donors (Lipinski definition) is 3. The second kappa shape index (κ2) is 9.42. The third-order valence-corrected chi connectivity index (χ3v) is 3.18. The molecule has 0 saturated carbocycles. The first-order valence-corrected chi connectivity index (χ1v) is 7.60. The van der Waals surface area contributed by atoms with Gasteiger partial charge in [-0.25, -0.2) is 13.6 Å². The second-order valence-electron chi connectivity index (χ2n) is 5.58. The van der Waals surface area contributed by atoms with E-state index in [1.807, 2.05) is 13.8 Å². The van der Waals surface area contributed by atoms with Crippen molar-refractivity contribution in [3.63, 3.8) is 0 Å². The number of carbonyl (C=O) groups is 1. The van der Waals surface area contributed by atoms with Crippen LogP contribution in [0, 0.1) is 11.6 Å². The minimum Gasteiger partial charge on any atom is -0.386 e. The SMILES string of the molecule is CC(C)OCCCNC(=O)NC(C)C(O)c1ccc(F)c(F)c1. The van der Waals surface area contributed by atoms with E-state index in [9.17, 15) is 18.7 Å². The molecule has 3 N–H and O–H groups in total. The summed E-state index contributed by atoms with van der Waals surface area (Å²) in [5.74, 6) is -2.02. The van der Waals surface area contributed by atoms with Crippen molar-refractivity contribution in [3.05, 3.63) is 35.4 Å². The number of ether oxygens (including phenoxy) is 1. The van der Waals surface area contributed by atoms with E-state index in [4.69, 9.17) is 4.74 Å². The molecule has 2 amide bonds. The molecular formula is C16H24F2N2O3. The zero-order valence-corrected chi connectivity index (χ0v) is 13.6. The smallest absolute Gasteiger partial charge is 0.315 e. The van der Waals surface area contributed by atoms with Crippen LogP contribution in [0.1, 0.15) is 38.9 Å². The van der Waals surface area contributed by atoms with Crippen molar-refractivity contribution in [2.24, 2.45) is 0 Å². The fraction of sp³-hybridized carbons (Fsp3) is 0.562. The number of aliphatic hydroxyl groups excluding tert-OH is 1. The molecule has 0 saturated heterocycles. The molecule has 2 atom stereocenters. The monoisotopic (exact) mass is 330 g/mol. The Balaban J connectivity index is 2.37. The normalized spacial score (nSPS) is 13.7. The molecule has 1 aromatic carbocycles. The van der Waals surface area contributed by atoms with Crippen LogP contribution >= 0.6 is 0 Å². The number of benzene rings is 1. The Bertz CT molecular complexity index is 512. The largest absolute Gasteiger partial charge is 0.386 e. The molecule has 5 nitrogen and oxygen atoms in total. The van der Waals surface area contributed by atoms with Crippen LogP contribution in [0.5, 0.6) is 0 Å². The first-order valence-electron chi connectivity index (χ1n) is 7.60. The van der Waals surface area contributed by atoms with E-state index in [1.165, 1.54) is 6.07 Å². The Morgan fingerprint density at radius 2 is 1.96 bits per heavy atom. The number of urea groups is 1. The van der Waals surface area contributed by atoms with Gasteiger partial charge in [-0.05, 0) is 44.9 Å². The number of amides is 2. The maximum absolute atomic E-state index is 13.2. The summed E-state index contributed by atoms with van der Waals surface area (Å²) in [5, 5.41) is 15.3. The van der Waals surface area contributed by atoms with Crippen LogP contribution in [0.4, 0.5) is 13.6 Å². The van der Waals surface area contributed by atoms with Gasteiger partial charge in [0.2, 0.25) is 0 Å². The summed E-state index contributed by atoms with van der Waals surface area (Å²) >= 11 is 0. The van der Waals surface area contributed by atoms with Crippen molar-refractivity contribution in [1.82, 2.24) is 10.6 Å². The van der Waals surface area contributed by atoms with Gasteiger partial charge in [0.1, 0.15) is 0 Å². The van der Waals surface area contributed by atoms with Crippen molar-refractivity contribution >= 4 is 6.03 Å². The number of rotatable bonds is 8. The van der Waals surface area contributed by atoms with Crippen LogP contribution in [0.25, 0.3) is 0 Å². The lowest BCUT2D eigenvalue weighted by molar-refractivity contribution is 0.0773. The molecular weight excluding hydrogens is 306 g/mol. The third-order valence-electron chi connectivity index (χ3n) is 3.18. The van der Waals surface area contributed by atoms with E-state index in [1.54, 1.807) is 6.92 Å². The highest BCUT2D eigenvalue weighted by Crippen LogP contribution is 2.19. The first kappa shape index (κ1) is 19.3. The van der Waals surface area contributed by atoms with E-state index in [-0.39, 0.29) is 11.7 Å². The van der Waals surface area contributed by atoms with Gasteiger partial charge in [-0.2, -0.15) is 0 Å². The molecule has 7 heteroatoms. The van der Waals surface area contributed by atoms with Crippen molar-refractivity contribution in [1.29, 1.82) is 0 Å². The Morgan fingerprint density at radius 1 is 1.26 bits per heavy atom. The highest BCUT2D eigenvalue weighted by Gasteiger charge is 2.19. The van der Waals surface area contributed by atoms with Gasteiger partial charge >= 0.3 is 6.03 Å². The lowest BCUT2D eigenvalue weighted by atomic mass is 10.0. The topological polar surface area (TPSA) is 70.6 Å². The molecule has 0 aliphatic carbocycles. The number of aliphatic hydroxyl groups is 1. The van der Waals surface area contributed by atoms with Gasteiger partial charge in [0.05, 0.1) is 18.2 Å². The van der Waals surface area contributed by atoms with E-state index >= 15 is 0 Å². The van der Waals surface area contributed by atoms with E-state index in [0.717, 1.165) is 12.1 Å². The fourth-order valence-electron chi connectivity index (χ4n) is 1.91. The zero-order chi connectivity index (χ0) is 17.4. The fourth-order valence-corrected chi connectivity index (χ4v) is 1.91. The molecule has 0 radical (unpaired) electrons. The first-order chi connectivity index (χ1) is 10.8. The summed E-state index contributed by atoms with van der Waals surface area (Å²) in [6.07, 6.45) is -0.318. The summed E-state index contributed by atoms with van der Waals surface area (Å²) in [4.78, 5) is 11.7. The quantitative estimate of drug-likeness (QED) is 0.642. The van der Waals surface area contributed by atoms with E-state index in [2.05, 4.69) is 10.6 Å². The van der Waals surface area contributed by atoms with Crippen LogP contribution in [0.15, 0.2) is 18.2 Å². The molecule has 0 aliphatic rings. The standard InChI is InChI=1S/C16H24F2N2O3/c1-10(2)23-8-4-7-19-16(22)20-11(3)15(21)12-5-6-13(17)14(18)9-12/h5-6,9-11,15,21H,4,7-8H2,1-3H3,(H2,19,20,22). The average Bonchev–Trinajstić information content (AvgIpc) is 2.48. The van der Waals surface area contributed by atoms with E-state index < -0.39 is 29.8 Å². The molecule has 0 aromatic heterocycles. The molecule has 0 aliphatic heterocycles. The maximum atomic E-state index is 13.2. The van der Waals surface area contributed by atoms with Gasteiger partial charge in [0, 0.05) is 13.2 Å². The summed E-state index contributed by atoms with van der Waals surface area (Å²) in [6, 6.07) is 2.03. The molecule has 0 bridgehead atoms. The van der Waals surface area contributed by atoms with Crippen LogP contribution in [0.3, 0.4) is 0 Å². The Morgan fingerprint density at radius 3 is 2.57 bits per heavy atom. The third kappa shape index (κ3) is 6.92. The van der Waals surface area contributed by atoms with Crippen molar-refractivity contribution in [2.75, 3.05) is 13.2 Å². The van der Waals surface area contributed by atoms with Crippen LogP contribution in [0.2, 0.25) is 0 Å². The molecule has 0 spiro atoms. The van der Waals surface area contributed by atoms with Crippen molar-refractivity contribution in [2.45, 2.75) is 45.4 Å². The molecule has 23 heavy (non-hydrogen) atoms. The summed E-state index contributed by atoms with van der Waals surface area (Å²) in [7, 11) is 0. The predicted molar refractivity (Wildman–Crippen MR) is 83.0 cm³/mol. The second-order valence-corrected chi connectivity index (χ2v) is 5.58. The van der Waals surface area contributed by atoms with Gasteiger partial charge in [-0.1, -0.05) is 6.07 Å². The maximum Gasteiger partial charge on any atom is 0.315 e. The average molecular weight is 330 g/mol. The van der Waals surface area contributed by atoms with Crippen molar-refractivity contribution in [3.8, 4) is 0 Å². The summed E-state index contributed by atoms with van der Waals surface area (Å²) < 4.78 is 31.4. The summed E-state index contributed by atoms with van der Waals surface area (Å²) in [5.41, 5.74) is 0.196. The zero-order valence-electron chi connectivity index (χ0n) is 13.6. The highest BCUT2D eigenvalue weighted by atomic mass is 19.2. The van der Waals surface area contributed by atoms with Crippen LogP contribution < -0.4 is 10.6 Å². The van der Waals surface area contributed by atoms with Crippen LogP contribution in [-0.4, -0.2) is 36.4 Å². The molecule has 0 fully saturated rings. The summed E-state index contributed by atoms with van der Waals surface area (Å²) in [6.45, 7) is 6.42. The van der Waals surface area contributed by atoms with Crippen molar-refractivity contribution < 1.29 is 23.4 Å². The molecule has 2 unspecified atom stereocenters. The number of halogens is 2. The Hall–Kier alpha value is -1.73. The Kier molecular flexibility index (Phi) is 7.91. The molecule has 130 valence electrons. The minimum absolute atomic E-state index is 0.148. The molecule has 0 heterocycles. The van der Waals surface area contributed by atoms with E-state index in [0.29, 0.717) is 19.6 Å². The van der Waals surface area contributed by atoms with Gasteiger partial charge in [0.15, 0.2) is 11.6 Å². The highest BCUT2D eigenvalue weighted by molar-refractivity contribution is 5.74. The molecule has 1 aromatic rings. The van der Waals surface area contributed by atoms with Crippen LogP contribution in [-0.2, 0) is 4.74 Å². The lowest BCUT2D eigenvalue weighted by Crippen LogP contribution is -2.43. The van der Waals surface area contributed by atoms with Gasteiger partial charge in [-0.15, -0.1) is 0 Å². The predicted octanol–water partition coefficient (Wildman–Crippen LogP) is 2.50.